The van der Waals surface area contributed by atoms with Crippen molar-refractivity contribution in [3.63, 3.8) is 0 Å². The van der Waals surface area contributed by atoms with Gasteiger partial charge in [-0.05, 0) is 32.7 Å². The molecule has 1 aliphatic rings. The molecule has 4 nitrogen and oxygen atoms in total. The highest BCUT2D eigenvalue weighted by atomic mass is 15.2. The van der Waals surface area contributed by atoms with Crippen LogP contribution in [0.15, 0.2) is 6.33 Å². The summed E-state index contributed by atoms with van der Waals surface area (Å²) in [6.07, 6.45) is 6.37. The predicted octanol–water partition coefficient (Wildman–Crippen LogP) is 1.40. The molecule has 0 bridgehead atoms. The van der Waals surface area contributed by atoms with E-state index in [1.54, 1.807) is 6.33 Å². The Morgan fingerprint density at radius 1 is 1.29 bits per heavy atom. The third-order valence-corrected chi connectivity index (χ3v) is 3.28. The molecule has 0 fully saturated rings. The van der Waals surface area contributed by atoms with Gasteiger partial charge in [0, 0.05) is 30.9 Å². The molecule has 1 heterocycles. The fourth-order valence-corrected chi connectivity index (χ4v) is 2.46. The molecule has 0 amide bonds. The molecule has 2 rings (SSSR count). The van der Waals surface area contributed by atoms with Crippen molar-refractivity contribution >= 4 is 5.82 Å². The second-order valence-corrected chi connectivity index (χ2v) is 4.57. The molecule has 1 aromatic heterocycles. The van der Waals surface area contributed by atoms with Gasteiger partial charge in [0.2, 0.25) is 0 Å². The Kier molecular flexibility index (Phi) is 4.31. The van der Waals surface area contributed by atoms with E-state index in [0.717, 1.165) is 38.9 Å². The lowest BCUT2D eigenvalue weighted by molar-refractivity contribution is 0.697. The SMILES string of the molecule is CCCN(CCNC)c1ncnc2c1CCC2. The number of hydrogen-bond donors (Lipinski definition) is 1. The minimum atomic E-state index is 0.999. The molecule has 1 N–H and O–H groups in total. The quantitative estimate of drug-likeness (QED) is 0.808. The Hall–Kier alpha value is -1.16. The fourth-order valence-electron chi connectivity index (χ4n) is 2.46. The lowest BCUT2D eigenvalue weighted by Crippen LogP contribution is -2.33. The second kappa shape index (κ2) is 5.96. The molecule has 0 saturated carbocycles. The average Bonchev–Trinajstić information content (AvgIpc) is 2.82. The molecule has 17 heavy (non-hydrogen) atoms. The molecule has 0 saturated heterocycles. The first kappa shape index (κ1) is 12.3. The van der Waals surface area contributed by atoms with E-state index in [1.807, 2.05) is 7.05 Å². The van der Waals surface area contributed by atoms with E-state index in [9.17, 15) is 0 Å². The van der Waals surface area contributed by atoms with Gasteiger partial charge in [-0.3, -0.25) is 0 Å². The number of likely N-dealkylation sites (N-methyl/N-ethyl adjacent to an activating group) is 1. The van der Waals surface area contributed by atoms with Crippen LogP contribution >= 0.6 is 0 Å². The van der Waals surface area contributed by atoms with Crippen molar-refractivity contribution in [3.05, 3.63) is 17.6 Å². The van der Waals surface area contributed by atoms with Gasteiger partial charge in [-0.25, -0.2) is 9.97 Å². The number of anilines is 1. The van der Waals surface area contributed by atoms with Crippen molar-refractivity contribution in [2.75, 3.05) is 31.6 Å². The summed E-state index contributed by atoms with van der Waals surface area (Å²) in [5.41, 5.74) is 2.65. The van der Waals surface area contributed by atoms with E-state index < -0.39 is 0 Å². The van der Waals surface area contributed by atoms with Crippen LogP contribution in [0.2, 0.25) is 0 Å². The lowest BCUT2D eigenvalue weighted by atomic mass is 10.2. The third-order valence-electron chi connectivity index (χ3n) is 3.28. The number of nitrogens with one attached hydrogen (secondary N) is 1. The zero-order chi connectivity index (χ0) is 12.1. The number of hydrogen-bond acceptors (Lipinski definition) is 4. The maximum atomic E-state index is 4.51. The fraction of sp³-hybridized carbons (Fsp3) is 0.692. The molecule has 0 radical (unpaired) electrons. The smallest absolute Gasteiger partial charge is 0.135 e. The van der Waals surface area contributed by atoms with Crippen LogP contribution in [-0.4, -0.2) is 36.6 Å². The highest BCUT2D eigenvalue weighted by Crippen LogP contribution is 2.27. The van der Waals surface area contributed by atoms with Crippen molar-refractivity contribution < 1.29 is 0 Å². The van der Waals surface area contributed by atoms with Gasteiger partial charge in [0.1, 0.15) is 12.1 Å². The molecule has 0 aromatic carbocycles. The Bertz CT molecular complexity index is 364. The van der Waals surface area contributed by atoms with Crippen LogP contribution in [0.5, 0.6) is 0 Å². The van der Waals surface area contributed by atoms with Gasteiger partial charge in [0.25, 0.3) is 0 Å². The lowest BCUT2D eigenvalue weighted by Gasteiger charge is -2.25. The van der Waals surface area contributed by atoms with E-state index in [-0.39, 0.29) is 0 Å². The van der Waals surface area contributed by atoms with Crippen LogP contribution in [0.3, 0.4) is 0 Å². The normalized spacial score (nSPS) is 13.8. The molecule has 94 valence electrons. The molecule has 1 aliphatic carbocycles. The van der Waals surface area contributed by atoms with E-state index >= 15 is 0 Å². The number of aryl methyl sites for hydroxylation is 1. The molecule has 4 heteroatoms. The van der Waals surface area contributed by atoms with Gasteiger partial charge in [-0.15, -0.1) is 0 Å². The van der Waals surface area contributed by atoms with Gasteiger partial charge < -0.3 is 10.2 Å². The largest absolute Gasteiger partial charge is 0.355 e. The van der Waals surface area contributed by atoms with Crippen LogP contribution in [0.25, 0.3) is 0 Å². The van der Waals surface area contributed by atoms with E-state index in [0.29, 0.717) is 0 Å². The maximum Gasteiger partial charge on any atom is 0.135 e. The molecule has 0 aliphatic heterocycles. The van der Waals surface area contributed by atoms with E-state index in [1.165, 1.54) is 23.5 Å². The molecule has 1 aromatic rings. The van der Waals surface area contributed by atoms with Crippen LogP contribution in [0.4, 0.5) is 5.82 Å². The minimum absolute atomic E-state index is 0.999. The summed E-state index contributed by atoms with van der Waals surface area (Å²) in [5.74, 6) is 1.17. The Morgan fingerprint density at radius 3 is 2.94 bits per heavy atom. The van der Waals surface area contributed by atoms with E-state index in [2.05, 4.69) is 27.1 Å². The van der Waals surface area contributed by atoms with Crippen LogP contribution < -0.4 is 10.2 Å². The van der Waals surface area contributed by atoms with Crippen molar-refractivity contribution in [3.8, 4) is 0 Å². The van der Waals surface area contributed by atoms with Crippen LogP contribution in [-0.2, 0) is 12.8 Å². The Morgan fingerprint density at radius 2 is 2.18 bits per heavy atom. The number of fused-ring (bicyclic) bond motifs is 1. The summed E-state index contributed by atoms with van der Waals surface area (Å²) in [7, 11) is 1.99. The molecule has 0 atom stereocenters. The predicted molar refractivity (Wildman–Crippen MR) is 70.5 cm³/mol. The van der Waals surface area contributed by atoms with E-state index in [4.69, 9.17) is 0 Å². The molecule has 0 spiro atoms. The van der Waals surface area contributed by atoms with Crippen LogP contribution in [0.1, 0.15) is 31.0 Å². The summed E-state index contributed by atoms with van der Waals surface area (Å²) >= 11 is 0. The van der Waals surface area contributed by atoms with Crippen molar-refractivity contribution in [2.24, 2.45) is 0 Å². The van der Waals surface area contributed by atoms with Crippen molar-refractivity contribution in [1.29, 1.82) is 0 Å². The first-order valence-corrected chi connectivity index (χ1v) is 6.59. The summed E-state index contributed by atoms with van der Waals surface area (Å²) in [6, 6.07) is 0. The summed E-state index contributed by atoms with van der Waals surface area (Å²) in [4.78, 5) is 11.3. The summed E-state index contributed by atoms with van der Waals surface area (Å²) < 4.78 is 0. The van der Waals surface area contributed by atoms with Gasteiger partial charge in [-0.2, -0.15) is 0 Å². The Labute approximate surface area is 103 Å². The van der Waals surface area contributed by atoms with Gasteiger partial charge in [0.15, 0.2) is 0 Å². The highest BCUT2D eigenvalue weighted by molar-refractivity contribution is 5.50. The Balaban J connectivity index is 2.20. The minimum Gasteiger partial charge on any atom is -0.355 e. The second-order valence-electron chi connectivity index (χ2n) is 4.57. The summed E-state index contributed by atoms with van der Waals surface area (Å²) in [5, 5.41) is 3.21. The first-order valence-electron chi connectivity index (χ1n) is 6.59. The highest BCUT2D eigenvalue weighted by Gasteiger charge is 2.20. The van der Waals surface area contributed by atoms with Crippen molar-refractivity contribution in [1.82, 2.24) is 15.3 Å². The number of aromatic nitrogens is 2. The molecular weight excluding hydrogens is 212 g/mol. The zero-order valence-corrected chi connectivity index (χ0v) is 10.9. The zero-order valence-electron chi connectivity index (χ0n) is 10.9. The standard InChI is InChI=1S/C13H22N4/c1-3-8-17(9-7-14-2)13-11-5-4-6-12(11)15-10-16-13/h10,14H,3-9H2,1-2H3. The average molecular weight is 234 g/mol. The molecule has 0 unspecified atom stereocenters. The topological polar surface area (TPSA) is 41.0 Å². The third kappa shape index (κ3) is 2.75. The number of rotatable bonds is 6. The monoisotopic (exact) mass is 234 g/mol. The maximum absolute atomic E-state index is 4.51. The molecular formula is C13H22N4. The van der Waals surface area contributed by atoms with Gasteiger partial charge in [0.05, 0.1) is 0 Å². The first-order chi connectivity index (χ1) is 8.36. The van der Waals surface area contributed by atoms with Crippen molar-refractivity contribution in [2.45, 2.75) is 32.6 Å². The van der Waals surface area contributed by atoms with Gasteiger partial charge >= 0.3 is 0 Å². The van der Waals surface area contributed by atoms with Gasteiger partial charge in [-0.1, -0.05) is 6.92 Å². The summed E-state index contributed by atoms with van der Waals surface area (Å²) in [6.45, 7) is 5.31. The van der Waals surface area contributed by atoms with Crippen LogP contribution in [0, 0.1) is 0 Å². The number of nitrogens with zero attached hydrogens (tertiary/aromatic N) is 3.